The van der Waals surface area contributed by atoms with Crippen molar-refractivity contribution in [3.63, 3.8) is 0 Å². The number of fused-ring (bicyclic) bond motifs is 1. The Morgan fingerprint density at radius 2 is 1.72 bits per heavy atom. The number of phenolic OH excluding ortho intramolecular Hbond substituents is 1. The van der Waals surface area contributed by atoms with Gasteiger partial charge in [-0.3, -0.25) is 4.79 Å². The molecule has 1 aliphatic rings. The Balaban J connectivity index is 0.000000260. The van der Waals surface area contributed by atoms with Gasteiger partial charge in [0.15, 0.2) is 5.75 Å². The summed E-state index contributed by atoms with van der Waals surface area (Å²) in [5.41, 5.74) is 3.94. The first-order valence-corrected chi connectivity index (χ1v) is 10.7. The molecule has 0 fully saturated rings. The third kappa shape index (κ3) is 8.21. The molecule has 32 heavy (non-hydrogen) atoms. The zero-order valence-corrected chi connectivity index (χ0v) is 21.0. The molecule has 174 valence electrons. The Morgan fingerprint density at radius 1 is 1.12 bits per heavy atom. The quantitative estimate of drug-likeness (QED) is 0.278. The number of esters is 2. The van der Waals surface area contributed by atoms with E-state index in [0.29, 0.717) is 22.2 Å². The lowest BCUT2D eigenvalue weighted by Crippen LogP contribution is -2.31. The lowest BCUT2D eigenvalue weighted by atomic mass is 9.77. The first-order chi connectivity index (χ1) is 14.8. The SMILES string of the molecule is COC(=O)C=C(C)C.Cc1ccc(Cl)c(O)c1.Cc1ccc(Cl)c2c1C(C)(C)CC(=O)O2. The lowest BCUT2D eigenvalue weighted by Gasteiger charge is -2.32. The van der Waals surface area contributed by atoms with Crippen LogP contribution in [0, 0.1) is 13.8 Å². The Labute approximate surface area is 199 Å². The van der Waals surface area contributed by atoms with Gasteiger partial charge >= 0.3 is 11.9 Å². The summed E-state index contributed by atoms with van der Waals surface area (Å²) in [6.07, 6.45) is 1.85. The van der Waals surface area contributed by atoms with Crippen molar-refractivity contribution in [3.05, 3.63) is 68.7 Å². The Morgan fingerprint density at radius 3 is 2.19 bits per heavy atom. The number of halogens is 2. The van der Waals surface area contributed by atoms with E-state index in [-0.39, 0.29) is 23.1 Å². The van der Waals surface area contributed by atoms with Crippen molar-refractivity contribution in [2.45, 2.75) is 53.4 Å². The minimum atomic E-state index is -0.287. The van der Waals surface area contributed by atoms with Crippen LogP contribution in [-0.4, -0.2) is 24.2 Å². The molecule has 0 saturated heterocycles. The number of aromatic hydroxyl groups is 1. The molecule has 0 radical (unpaired) electrons. The second-order valence-corrected chi connectivity index (χ2v) is 9.12. The number of aryl methyl sites for hydroxylation is 2. The standard InChI is InChI=1S/C12H13ClO2.C7H7ClO.C6H10O2/c1-7-4-5-8(13)11-10(7)12(2,3)6-9(14)15-11;1-5-2-3-6(8)7(9)4-5;1-5(2)4-6(7)8-3/h4-5H,6H2,1-3H3;2-4,9H,1H3;4H,1-3H3. The van der Waals surface area contributed by atoms with E-state index in [1.165, 1.54) is 13.2 Å². The first kappa shape index (κ1) is 27.5. The summed E-state index contributed by atoms with van der Waals surface area (Å²) in [7, 11) is 1.36. The molecular formula is C25H30Cl2O5. The van der Waals surface area contributed by atoms with Crippen LogP contribution in [0.2, 0.25) is 10.0 Å². The predicted molar refractivity (Wildman–Crippen MR) is 129 cm³/mol. The van der Waals surface area contributed by atoms with Crippen molar-refractivity contribution in [1.82, 2.24) is 0 Å². The van der Waals surface area contributed by atoms with Crippen molar-refractivity contribution in [3.8, 4) is 11.5 Å². The van der Waals surface area contributed by atoms with Crippen molar-refractivity contribution in [2.24, 2.45) is 0 Å². The smallest absolute Gasteiger partial charge is 0.330 e. The largest absolute Gasteiger partial charge is 0.506 e. The number of benzene rings is 2. The lowest BCUT2D eigenvalue weighted by molar-refractivity contribution is -0.137. The maximum Gasteiger partial charge on any atom is 0.330 e. The fraction of sp³-hybridized carbons (Fsp3) is 0.360. The fourth-order valence-corrected chi connectivity index (χ4v) is 3.43. The number of carbonyl (C=O) groups is 2. The number of phenols is 1. The molecule has 1 aliphatic heterocycles. The third-order valence-electron chi connectivity index (χ3n) is 4.51. The number of carbonyl (C=O) groups excluding carboxylic acids is 2. The zero-order valence-electron chi connectivity index (χ0n) is 19.5. The molecule has 3 rings (SSSR count). The van der Waals surface area contributed by atoms with Crippen LogP contribution in [0.15, 0.2) is 42.0 Å². The number of rotatable bonds is 1. The normalized spacial score (nSPS) is 13.2. The molecular weight excluding hydrogens is 451 g/mol. The van der Waals surface area contributed by atoms with Gasteiger partial charge in [0.25, 0.3) is 0 Å². The number of ether oxygens (including phenoxy) is 2. The van der Waals surface area contributed by atoms with E-state index in [9.17, 15) is 9.59 Å². The Hall–Kier alpha value is -2.50. The van der Waals surface area contributed by atoms with Crippen LogP contribution in [-0.2, 0) is 19.7 Å². The summed E-state index contributed by atoms with van der Waals surface area (Å²) in [6, 6.07) is 8.88. The van der Waals surface area contributed by atoms with Gasteiger partial charge < -0.3 is 14.6 Å². The van der Waals surface area contributed by atoms with E-state index in [4.69, 9.17) is 33.0 Å². The van der Waals surface area contributed by atoms with Gasteiger partial charge in [-0.05, 0) is 57.0 Å². The monoisotopic (exact) mass is 480 g/mol. The van der Waals surface area contributed by atoms with Crippen LogP contribution in [0.5, 0.6) is 11.5 Å². The Kier molecular flexibility index (Phi) is 10.3. The highest BCUT2D eigenvalue weighted by molar-refractivity contribution is 6.32. The molecule has 0 saturated carbocycles. The molecule has 0 aliphatic carbocycles. The van der Waals surface area contributed by atoms with Gasteiger partial charge in [0, 0.05) is 17.1 Å². The minimum Gasteiger partial charge on any atom is -0.506 e. The molecule has 0 amide bonds. The molecule has 1 heterocycles. The molecule has 0 atom stereocenters. The van der Waals surface area contributed by atoms with Crippen LogP contribution in [0.3, 0.4) is 0 Å². The fourth-order valence-electron chi connectivity index (χ4n) is 3.11. The van der Waals surface area contributed by atoms with Crippen LogP contribution in [0.4, 0.5) is 0 Å². The van der Waals surface area contributed by atoms with Crippen molar-refractivity contribution >= 4 is 35.1 Å². The van der Waals surface area contributed by atoms with Gasteiger partial charge in [0.05, 0.1) is 23.6 Å². The summed E-state index contributed by atoms with van der Waals surface area (Å²) < 4.78 is 9.55. The summed E-state index contributed by atoms with van der Waals surface area (Å²) in [4.78, 5) is 21.7. The maximum absolute atomic E-state index is 11.4. The van der Waals surface area contributed by atoms with Gasteiger partial charge in [0.1, 0.15) is 5.75 Å². The number of hydrogen-bond acceptors (Lipinski definition) is 5. The van der Waals surface area contributed by atoms with Crippen molar-refractivity contribution < 1.29 is 24.2 Å². The Bertz CT molecular complexity index is 1010. The second-order valence-electron chi connectivity index (χ2n) is 8.30. The summed E-state index contributed by atoms with van der Waals surface area (Å²) in [5, 5.41) is 9.88. The minimum absolute atomic E-state index is 0.150. The van der Waals surface area contributed by atoms with Crippen molar-refractivity contribution in [2.75, 3.05) is 7.11 Å². The van der Waals surface area contributed by atoms with Crippen LogP contribution < -0.4 is 4.74 Å². The van der Waals surface area contributed by atoms with Gasteiger partial charge in [-0.15, -0.1) is 0 Å². The van der Waals surface area contributed by atoms with Gasteiger partial charge in [-0.2, -0.15) is 0 Å². The highest BCUT2D eigenvalue weighted by Crippen LogP contribution is 2.44. The third-order valence-corrected chi connectivity index (χ3v) is 5.12. The van der Waals surface area contributed by atoms with Gasteiger partial charge in [-0.1, -0.05) is 54.8 Å². The van der Waals surface area contributed by atoms with Crippen LogP contribution >= 0.6 is 23.2 Å². The second kappa shape index (κ2) is 11.9. The molecule has 0 unspecified atom stereocenters. The topological polar surface area (TPSA) is 72.8 Å². The number of allylic oxidation sites excluding steroid dienone is 1. The van der Waals surface area contributed by atoms with Gasteiger partial charge in [-0.25, -0.2) is 4.79 Å². The van der Waals surface area contributed by atoms with E-state index >= 15 is 0 Å². The van der Waals surface area contributed by atoms with Gasteiger partial charge in [0.2, 0.25) is 0 Å². The maximum atomic E-state index is 11.4. The highest BCUT2D eigenvalue weighted by Gasteiger charge is 2.36. The van der Waals surface area contributed by atoms with Crippen molar-refractivity contribution in [1.29, 1.82) is 0 Å². The number of hydrogen-bond donors (Lipinski definition) is 1. The molecule has 5 nitrogen and oxygen atoms in total. The molecule has 0 spiro atoms. The predicted octanol–water partition coefficient (Wildman–Crippen LogP) is 6.71. The molecule has 0 bridgehead atoms. The van der Waals surface area contributed by atoms with Crippen LogP contribution in [0.25, 0.3) is 0 Å². The van der Waals surface area contributed by atoms with E-state index < -0.39 is 0 Å². The molecule has 1 N–H and O–H groups in total. The summed E-state index contributed by atoms with van der Waals surface area (Å²) in [5.74, 6) is 0.194. The zero-order chi connectivity index (χ0) is 24.6. The molecule has 0 aromatic heterocycles. The van der Waals surface area contributed by atoms with E-state index in [0.717, 1.165) is 22.3 Å². The first-order valence-electron chi connectivity index (χ1n) is 9.96. The van der Waals surface area contributed by atoms with E-state index in [1.807, 2.05) is 53.7 Å². The van der Waals surface area contributed by atoms with E-state index in [2.05, 4.69) is 4.74 Å². The average Bonchev–Trinajstić information content (AvgIpc) is 2.67. The highest BCUT2D eigenvalue weighted by atomic mass is 35.5. The molecule has 2 aromatic rings. The summed E-state index contributed by atoms with van der Waals surface area (Å²) >= 11 is 11.6. The molecule has 7 heteroatoms. The average molecular weight is 481 g/mol. The molecule has 2 aromatic carbocycles. The van der Waals surface area contributed by atoms with Crippen LogP contribution in [0.1, 0.15) is 50.8 Å². The van der Waals surface area contributed by atoms with E-state index in [1.54, 1.807) is 18.2 Å². The number of methoxy groups -OCH3 is 1. The summed E-state index contributed by atoms with van der Waals surface area (Å²) in [6.45, 7) is 11.7.